The van der Waals surface area contributed by atoms with Crippen molar-refractivity contribution in [2.24, 2.45) is 0 Å². The minimum Gasteiger partial charge on any atom is -0.456 e. The summed E-state index contributed by atoms with van der Waals surface area (Å²) < 4.78 is 6.21. The van der Waals surface area contributed by atoms with Crippen molar-refractivity contribution in [2.75, 3.05) is 0 Å². The minimum absolute atomic E-state index is 0.137. The Labute approximate surface area is 285 Å². The second-order valence-electron chi connectivity index (χ2n) is 13.5. The molecule has 49 heavy (non-hydrogen) atoms. The zero-order chi connectivity index (χ0) is 32.4. The first-order chi connectivity index (χ1) is 24.2. The van der Waals surface area contributed by atoms with E-state index in [1.165, 1.54) is 65.5 Å². The van der Waals surface area contributed by atoms with Crippen molar-refractivity contribution in [1.82, 2.24) is 15.0 Å². The fourth-order valence-electron chi connectivity index (χ4n) is 8.44. The number of fused-ring (bicyclic) bond motifs is 8. The normalized spacial score (nSPS) is 14.7. The van der Waals surface area contributed by atoms with Gasteiger partial charge >= 0.3 is 0 Å². The molecule has 8 aromatic rings. The number of para-hydroxylation sites is 1. The second kappa shape index (κ2) is 11.1. The third-order valence-electron chi connectivity index (χ3n) is 10.8. The SMILES string of the molecule is c1ccc(-c2nc(-c3ccc(-c4ccc5c(c4)C4(CCCCC4)c4ccccc4-5)cc3)nc(-c3cccc4oc5ccccc5c34)n2)cc1. The zero-order valence-corrected chi connectivity index (χ0v) is 27.1. The average molecular weight is 632 g/mol. The van der Waals surface area contributed by atoms with Gasteiger partial charge < -0.3 is 4.42 Å². The van der Waals surface area contributed by atoms with Crippen LogP contribution >= 0.6 is 0 Å². The smallest absolute Gasteiger partial charge is 0.164 e. The van der Waals surface area contributed by atoms with Gasteiger partial charge in [0.05, 0.1) is 0 Å². The summed E-state index contributed by atoms with van der Waals surface area (Å²) in [4.78, 5) is 15.1. The Balaban J connectivity index is 1.08. The standard InChI is InChI=1S/C45H33N3O/c1-3-12-30(13-4-1)42-46-43(48-44(47-42)36-16-11-19-40-41(36)35-15-6-8-18-39(35)49-40)31-22-20-29(21-23-31)32-24-25-34-33-14-5-7-17-37(33)45(38(34)28-32)26-9-2-10-27-45/h1,3-8,11-25,28H,2,9-10,26-27H2. The van der Waals surface area contributed by atoms with Crippen LogP contribution in [0.4, 0.5) is 0 Å². The lowest BCUT2D eigenvalue weighted by molar-refractivity contribution is 0.353. The number of hydrogen-bond donors (Lipinski definition) is 0. The molecule has 0 radical (unpaired) electrons. The van der Waals surface area contributed by atoms with E-state index < -0.39 is 0 Å². The molecule has 234 valence electrons. The molecule has 6 aromatic carbocycles. The van der Waals surface area contributed by atoms with Crippen LogP contribution in [0.1, 0.15) is 43.2 Å². The lowest BCUT2D eigenvalue weighted by Gasteiger charge is -2.36. The van der Waals surface area contributed by atoms with Crippen molar-refractivity contribution in [3.63, 3.8) is 0 Å². The molecule has 0 saturated heterocycles. The van der Waals surface area contributed by atoms with Gasteiger partial charge in [0.1, 0.15) is 11.2 Å². The van der Waals surface area contributed by atoms with E-state index in [2.05, 4.69) is 78.9 Å². The number of nitrogens with zero attached hydrogens (tertiary/aromatic N) is 3. The Morgan fingerprint density at radius 2 is 1.04 bits per heavy atom. The van der Waals surface area contributed by atoms with Crippen molar-refractivity contribution < 1.29 is 4.42 Å². The van der Waals surface area contributed by atoms with Gasteiger partial charge in [-0.05, 0) is 64.4 Å². The van der Waals surface area contributed by atoms with Gasteiger partial charge in [-0.25, -0.2) is 15.0 Å². The van der Waals surface area contributed by atoms with Crippen LogP contribution in [0.25, 0.3) is 78.4 Å². The van der Waals surface area contributed by atoms with Gasteiger partial charge in [0.2, 0.25) is 0 Å². The molecule has 0 N–H and O–H groups in total. The van der Waals surface area contributed by atoms with Gasteiger partial charge in [0.25, 0.3) is 0 Å². The highest BCUT2D eigenvalue weighted by Gasteiger charge is 2.43. The lowest BCUT2D eigenvalue weighted by Crippen LogP contribution is -2.28. The molecule has 4 heteroatoms. The molecule has 0 atom stereocenters. The topological polar surface area (TPSA) is 51.8 Å². The highest BCUT2D eigenvalue weighted by molar-refractivity contribution is 6.11. The van der Waals surface area contributed by atoms with Crippen LogP contribution in [0.5, 0.6) is 0 Å². The van der Waals surface area contributed by atoms with Crippen molar-refractivity contribution >= 4 is 21.9 Å². The average Bonchev–Trinajstić information content (AvgIpc) is 3.69. The van der Waals surface area contributed by atoms with E-state index in [9.17, 15) is 0 Å². The molecule has 0 aliphatic heterocycles. The van der Waals surface area contributed by atoms with Crippen LogP contribution in [0.2, 0.25) is 0 Å². The van der Waals surface area contributed by atoms with Crippen molar-refractivity contribution in [3.05, 3.63) is 151 Å². The van der Waals surface area contributed by atoms with Crippen LogP contribution in [0.3, 0.4) is 0 Å². The van der Waals surface area contributed by atoms with Crippen LogP contribution in [0.15, 0.2) is 144 Å². The Morgan fingerprint density at radius 3 is 1.88 bits per heavy atom. The van der Waals surface area contributed by atoms with Crippen molar-refractivity contribution in [3.8, 4) is 56.4 Å². The van der Waals surface area contributed by atoms with Gasteiger partial charge in [0.15, 0.2) is 17.5 Å². The molecule has 0 unspecified atom stereocenters. The quantitative estimate of drug-likeness (QED) is 0.194. The molecule has 2 heterocycles. The molecular weight excluding hydrogens is 599 g/mol. The predicted molar refractivity (Wildman–Crippen MR) is 198 cm³/mol. The molecule has 10 rings (SSSR count). The van der Waals surface area contributed by atoms with Crippen LogP contribution in [0, 0.1) is 0 Å². The molecule has 2 aliphatic carbocycles. The summed E-state index contributed by atoms with van der Waals surface area (Å²) in [5.41, 5.74) is 12.9. The number of furan rings is 1. The van der Waals surface area contributed by atoms with E-state index in [4.69, 9.17) is 19.4 Å². The highest BCUT2D eigenvalue weighted by Crippen LogP contribution is 2.56. The summed E-state index contributed by atoms with van der Waals surface area (Å²) >= 11 is 0. The molecule has 0 amide bonds. The Hall–Kier alpha value is -5.87. The maximum absolute atomic E-state index is 6.21. The molecule has 1 fully saturated rings. The first kappa shape index (κ1) is 28.2. The van der Waals surface area contributed by atoms with E-state index >= 15 is 0 Å². The summed E-state index contributed by atoms with van der Waals surface area (Å²) in [6, 6.07) is 49.3. The summed E-state index contributed by atoms with van der Waals surface area (Å²) in [5.74, 6) is 1.91. The lowest BCUT2D eigenvalue weighted by atomic mass is 9.67. The third-order valence-corrected chi connectivity index (χ3v) is 10.8. The Bertz CT molecular complexity index is 2520. The maximum Gasteiger partial charge on any atom is 0.164 e. The number of benzene rings is 6. The summed E-state index contributed by atoms with van der Waals surface area (Å²) in [6.45, 7) is 0. The van der Waals surface area contributed by atoms with Crippen LogP contribution in [-0.4, -0.2) is 15.0 Å². The van der Waals surface area contributed by atoms with E-state index in [1.54, 1.807) is 0 Å². The van der Waals surface area contributed by atoms with Crippen LogP contribution < -0.4 is 0 Å². The first-order valence-electron chi connectivity index (χ1n) is 17.3. The molecule has 1 spiro atoms. The van der Waals surface area contributed by atoms with E-state index in [0.717, 1.165) is 38.6 Å². The van der Waals surface area contributed by atoms with Gasteiger partial charge in [-0.3, -0.25) is 0 Å². The van der Waals surface area contributed by atoms with Crippen molar-refractivity contribution in [2.45, 2.75) is 37.5 Å². The van der Waals surface area contributed by atoms with E-state index in [0.29, 0.717) is 17.5 Å². The summed E-state index contributed by atoms with van der Waals surface area (Å²) in [5, 5.41) is 2.06. The molecule has 1 saturated carbocycles. The van der Waals surface area contributed by atoms with Crippen LogP contribution in [-0.2, 0) is 5.41 Å². The van der Waals surface area contributed by atoms with Gasteiger partial charge in [-0.15, -0.1) is 0 Å². The molecule has 4 nitrogen and oxygen atoms in total. The van der Waals surface area contributed by atoms with E-state index in [-0.39, 0.29) is 5.41 Å². The fourth-order valence-corrected chi connectivity index (χ4v) is 8.44. The van der Waals surface area contributed by atoms with Gasteiger partial charge in [-0.2, -0.15) is 0 Å². The van der Waals surface area contributed by atoms with Gasteiger partial charge in [0, 0.05) is 32.9 Å². The first-order valence-corrected chi connectivity index (χ1v) is 17.3. The largest absolute Gasteiger partial charge is 0.456 e. The number of rotatable bonds is 4. The molecule has 0 bridgehead atoms. The molecular formula is C45H33N3O. The summed E-state index contributed by atoms with van der Waals surface area (Å²) in [6.07, 6.45) is 6.37. The fraction of sp³-hybridized carbons (Fsp3) is 0.133. The highest BCUT2D eigenvalue weighted by atomic mass is 16.3. The predicted octanol–water partition coefficient (Wildman–Crippen LogP) is 11.7. The third kappa shape index (κ3) is 4.48. The van der Waals surface area contributed by atoms with Crippen molar-refractivity contribution in [1.29, 1.82) is 0 Å². The minimum atomic E-state index is 0.137. The second-order valence-corrected chi connectivity index (χ2v) is 13.5. The molecule has 2 aliphatic rings. The number of aromatic nitrogens is 3. The zero-order valence-electron chi connectivity index (χ0n) is 27.1. The maximum atomic E-state index is 6.21. The Morgan fingerprint density at radius 1 is 0.429 bits per heavy atom. The summed E-state index contributed by atoms with van der Waals surface area (Å²) in [7, 11) is 0. The van der Waals surface area contributed by atoms with E-state index in [1.807, 2.05) is 60.7 Å². The number of hydrogen-bond acceptors (Lipinski definition) is 4. The Kier molecular flexibility index (Phi) is 6.38. The molecule has 2 aromatic heterocycles. The monoisotopic (exact) mass is 631 g/mol. The van der Waals surface area contributed by atoms with Gasteiger partial charge in [-0.1, -0.05) is 141 Å².